The Balaban J connectivity index is 2.17. The Bertz CT molecular complexity index is 520. The van der Waals surface area contributed by atoms with Crippen LogP contribution in [-0.2, 0) is 0 Å². The van der Waals surface area contributed by atoms with Crippen molar-refractivity contribution in [1.29, 1.82) is 0 Å². The maximum absolute atomic E-state index is 5.68. The molecule has 0 spiro atoms. The summed E-state index contributed by atoms with van der Waals surface area (Å²) in [6.07, 6.45) is 2.39. The average molecular weight is 309 g/mol. The standard InChI is InChI=1S/C13H13BrN2O2/c1-2-7-17-10-5-3-4-6-11(10)18-13-8-12(14)15-9-16-13/h3-6,8-9H,2,7H2,1H3. The van der Waals surface area contributed by atoms with Gasteiger partial charge in [0.05, 0.1) is 6.61 Å². The van der Waals surface area contributed by atoms with E-state index in [1.54, 1.807) is 6.07 Å². The minimum absolute atomic E-state index is 0.476. The number of rotatable bonds is 5. The number of ether oxygens (including phenoxy) is 2. The van der Waals surface area contributed by atoms with E-state index in [9.17, 15) is 0 Å². The van der Waals surface area contributed by atoms with Gasteiger partial charge in [-0.2, -0.15) is 0 Å². The maximum atomic E-state index is 5.68. The second-order valence-electron chi connectivity index (χ2n) is 3.58. The SMILES string of the molecule is CCCOc1ccccc1Oc1cc(Br)ncn1. The molecule has 1 heterocycles. The van der Waals surface area contributed by atoms with Gasteiger partial charge in [-0.15, -0.1) is 0 Å². The third-order valence-electron chi connectivity index (χ3n) is 2.13. The number of hydrogen-bond acceptors (Lipinski definition) is 4. The molecule has 18 heavy (non-hydrogen) atoms. The molecule has 0 aliphatic heterocycles. The molecule has 5 heteroatoms. The monoisotopic (exact) mass is 308 g/mol. The van der Waals surface area contributed by atoms with Crippen LogP contribution in [0, 0.1) is 0 Å². The van der Waals surface area contributed by atoms with Crippen molar-refractivity contribution in [2.75, 3.05) is 6.61 Å². The lowest BCUT2D eigenvalue weighted by atomic mass is 10.3. The number of aromatic nitrogens is 2. The van der Waals surface area contributed by atoms with Crippen LogP contribution in [0.15, 0.2) is 41.3 Å². The highest BCUT2D eigenvalue weighted by Gasteiger charge is 2.06. The first-order chi connectivity index (χ1) is 8.79. The maximum Gasteiger partial charge on any atom is 0.223 e. The molecule has 0 bridgehead atoms. The van der Waals surface area contributed by atoms with Crippen molar-refractivity contribution in [2.45, 2.75) is 13.3 Å². The number of nitrogens with zero attached hydrogens (tertiary/aromatic N) is 2. The first-order valence-electron chi connectivity index (χ1n) is 5.67. The number of halogens is 1. The summed E-state index contributed by atoms with van der Waals surface area (Å²) < 4.78 is 12.0. The second-order valence-corrected chi connectivity index (χ2v) is 4.39. The van der Waals surface area contributed by atoms with Gasteiger partial charge in [-0.3, -0.25) is 0 Å². The molecule has 1 aromatic heterocycles. The van der Waals surface area contributed by atoms with Crippen molar-refractivity contribution in [3.05, 3.63) is 41.3 Å². The Kier molecular flexibility index (Phi) is 4.52. The summed E-state index contributed by atoms with van der Waals surface area (Å²) in [6.45, 7) is 2.72. The fourth-order valence-corrected chi connectivity index (χ4v) is 1.64. The normalized spacial score (nSPS) is 10.1. The van der Waals surface area contributed by atoms with Gasteiger partial charge >= 0.3 is 0 Å². The molecule has 0 amide bonds. The summed E-state index contributed by atoms with van der Waals surface area (Å²) in [4.78, 5) is 7.99. The number of benzene rings is 1. The fraction of sp³-hybridized carbons (Fsp3) is 0.231. The molecule has 0 aliphatic rings. The lowest BCUT2D eigenvalue weighted by molar-refractivity contribution is 0.300. The van der Waals surface area contributed by atoms with Crippen molar-refractivity contribution in [1.82, 2.24) is 9.97 Å². The Labute approximate surface area is 114 Å². The Morgan fingerprint density at radius 2 is 1.94 bits per heavy atom. The van der Waals surface area contributed by atoms with Gasteiger partial charge in [0, 0.05) is 6.07 Å². The van der Waals surface area contributed by atoms with E-state index in [4.69, 9.17) is 9.47 Å². The van der Waals surface area contributed by atoms with E-state index in [1.807, 2.05) is 24.3 Å². The van der Waals surface area contributed by atoms with Gasteiger partial charge in [-0.1, -0.05) is 19.1 Å². The molecular formula is C13H13BrN2O2. The highest BCUT2D eigenvalue weighted by molar-refractivity contribution is 9.10. The van der Waals surface area contributed by atoms with E-state index in [0.29, 0.717) is 28.6 Å². The van der Waals surface area contributed by atoms with Crippen LogP contribution in [0.2, 0.25) is 0 Å². The summed E-state index contributed by atoms with van der Waals surface area (Å²) in [6, 6.07) is 9.23. The topological polar surface area (TPSA) is 44.2 Å². The zero-order valence-corrected chi connectivity index (χ0v) is 11.6. The molecule has 0 saturated carbocycles. The minimum Gasteiger partial charge on any atom is -0.490 e. The molecule has 1 aromatic carbocycles. The van der Waals surface area contributed by atoms with Crippen molar-refractivity contribution in [2.24, 2.45) is 0 Å². The molecular weight excluding hydrogens is 296 g/mol. The Hall–Kier alpha value is -1.62. The highest BCUT2D eigenvalue weighted by Crippen LogP contribution is 2.30. The smallest absolute Gasteiger partial charge is 0.223 e. The molecule has 94 valence electrons. The molecule has 0 N–H and O–H groups in total. The first-order valence-corrected chi connectivity index (χ1v) is 6.46. The quantitative estimate of drug-likeness (QED) is 0.788. The lowest BCUT2D eigenvalue weighted by Crippen LogP contribution is -1.97. The predicted octanol–water partition coefficient (Wildman–Crippen LogP) is 3.82. The van der Waals surface area contributed by atoms with Crippen LogP contribution in [0.1, 0.15) is 13.3 Å². The summed E-state index contributed by atoms with van der Waals surface area (Å²) in [5.74, 6) is 1.84. The average Bonchev–Trinajstić information content (AvgIpc) is 2.38. The zero-order chi connectivity index (χ0) is 12.8. The van der Waals surface area contributed by atoms with Crippen LogP contribution in [0.4, 0.5) is 0 Å². The molecule has 0 atom stereocenters. The number of para-hydroxylation sites is 2. The van der Waals surface area contributed by atoms with Crippen molar-refractivity contribution in [3.8, 4) is 17.4 Å². The summed E-state index contributed by atoms with van der Waals surface area (Å²) in [5.41, 5.74) is 0. The molecule has 2 rings (SSSR count). The van der Waals surface area contributed by atoms with Crippen LogP contribution in [-0.4, -0.2) is 16.6 Å². The van der Waals surface area contributed by atoms with E-state index in [2.05, 4.69) is 32.8 Å². The fourth-order valence-electron chi connectivity index (χ4n) is 1.35. The largest absolute Gasteiger partial charge is 0.490 e. The van der Waals surface area contributed by atoms with Crippen molar-refractivity contribution < 1.29 is 9.47 Å². The van der Waals surface area contributed by atoms with Crippen molar-refractivity contribution >= 4 is 15.9 Å². The van der Waals surface area contributed by atoms with Gasteiger partial charge in [-0.25, -0.2) is 9.97 Å². The molecule has 4 nitrogen and oxygen atoms in total. The van der Waals surface area contributed by atoms with E-state index in [-0.39, 0.29) is 0 Å². The zero-order valence-electron chi connectivity index (χ0n) is 9.97. The third-order valence-corrected chi connectivity index (χ3v) is 2.57. The predicted molar refractivity (Wildman–Crippen MR) is 72.0 cm³/mol. The highest BCUT2D eigenvalue weighted by atomic mass is 79.9. The first kappa shape index (κ1) is 12.8. The van der Waals surface area contributed by atoms with Gasteiger partial charge in [0.2, 0.25) is 5.88 Å². The Morgan fingerprint density at radius 3 is 2.67 bits per heavy atom. The van der Waals surface area contributed by atoms with Crippen LogP contribution in [0.3, 0.4) is 0 Å². The second kappa shape index (κ2) is 6.35. The molecule has 0 saturated heterocycles. The summed E-state index contributed by atoms with van der Waals surface area (Å²) >= 11 is 3.27. The van der Waals surface area contributed by atoms with E-state index < -0.39 is 0 Å². The molecule has 0 radical (unpaired) electrons. The molecule has 0 aliphatic carbocycles. The third kappa shape index (κ3) is 3.43. The van der Waals surface area contributed by atoms with Crippen LogP contribution >= 0.6 is 15.9 Å². The van der Waals surface area contributed by atoms with E-state index >= 15 is 0 Å². The van der Waals surface area contributed by atoms with Gasteiger partial charge in [0.15, 0.2) is 11.5 Å². The summed E-state index contributed by atoms with van der Waals surface area (Å²) in [7, 11) is 0. The van der Waals surface area contributed by atoms with Crippen LogP contribution in [0.5, 0.6) is 17.4 Å². The Morgan fingerprint density at radius 1 is 1.17 bits per heavy atom. The van der Waals surface area contributed by atoms with Gasteiger partial charge < -0.3 is 9.47 Å². The van der Waals surface area contributed by atoms with Gasteiger partial charge in [0.1, 0.15) is 10.9 Å². The molecule has 0 fully saturated rings. The van der Waals surface area contributed by atoms with Crippen molar-refractivity contribution in [3.63, 3.8) is 0 Å². The lowest BCUT2D eigenvalue weighted by Gasteiger charge is -2.10. The van der Waals surface area contributed by atoms with Crippen LogP contribution < -0.4 is 9.47 Å². The van der Waals surface area contributed by atoms with Gasteiger partial charge in [-0.05, 0) is 34.5 Å². The van der Waals surface area contributed by atoms with Crippen LogP contribution in [0.25, 0.3) is 0 Å². The molecule has 0 unspecified atom stereocenters. The van der Waals surface area contributed by atoms with E-state index in [0.717, 1.165) is 6.42 Å². The minimum atomic E-state index is 0.476. The number of hydrogen-bond donors (Lipinski definition) is 0. The summed E-state index contributed by atoms with van der Waals surface area (Å²) in [5, 5.41) is 0. The van der Waals surface area contributed by atoms with E-state index in [1.165, 1.54) is 6.33 Å². The molecule has 2 aromatic rings. The van der Waals surface area contributed by atoms with Gasteiger partial charge in [0.25, 0.3) is 0 Å².